The van der Waals surface area contributed by atoms with Gasteiger partial charge in [-0.3, -0.25) is 0 Å². The minimum absolute atomic E-state index is 0.231. The van der Waals surface area contributed by atoms with Crippen molar-refractivity contribution in [3.05, 3.63) is 144 Å². The molecule has 1 atom stereocenters. The van der Waals surface area contributed by atoms with E-state index < -0.39 is 6.04 Å². The summed E-state index contributed by atoms with van der Waals surface area (Å²) in [5.74, 6) is 3.21. The first-order valence-electron chi connectivity index (χ1n) is 24.1. The van der Waals surface area contributed by atoms with Crippen molar-refractivity contribution in [2.45, 2.75) is 46.4 Å². The van der Waals surface area contributed by atoms with Crippen molar-refractivity contribution in [3.8, 4) is 39.8 Å². The highest BCUT2D eigenvalue weighted by Gasteiger charge is 2.26. The monoisotopic (exact) mass is 930 g/mol. The molecule has 2 aromatic heterocycles. The molecule has 0 amide bonds. The number of fused-ring (bicyclic) bond motifs is 14. The van der Waals surface area contributed by atoms with E-state index in [0.29, 0.717) is 70.5 Å². The summed E-state index contributed by atoms with van der Waals surface area (Å²) in [6.45, 7) is 14.9. The summed E-state index contributed by atoms with van der Waals surface area (Å²) in [6, 6.07) is 30.1. The Morgan fingerprint density at radius 3 is 2.41 bits per heavy atom. The van der Waals surface area contributed by atoms with Gasteiger partial charge in [-0.15, -0.1) is 0 Å². The number of morpholine rings is 1. The lowest BCUT2D eigenvalue weighted by Gasteiger charge is -2.31. The van der Waals surface area contributed by atoms with E-state index in [1.807, 2.05) is 73.8 Å². The molecule has 1 unspecified atom stereocenters. The number of aryl methyl sites for hydroxylation is 1. The third kappa shape index (κ3) is 12.3. The van der Waals surface area contributed by atoms with Crippen LogP contribution in [0.5, 0.6) is 17.2 Å². The summed E-state index contributed by atoms with van der Waals surface area (Å²) in [7, 11) is 0. The molecule has 1 fully saturated rings. The van der Waals surface area contributed by atoms with E-state index in [4.69, 9.17) is 43.4 Å². The smallest absolute Gasteiger partial charge is 0.231 e. The second-order valence-electron chi connectivity index (χ2n) is 17.1. The second-order valence-corrected chi connectivity index (χ2v) is 17.1. The fourth-order valence-electron chi connectivity index (χ4n) is 8.68. The number of rotatable bonds is 8. The predicted octanol–water partition coefficient (Wildman–Crippen LogP) is 9.74. The Kier molecular flexibility index (Phi) is 16.1. The lowest BCUT2D eigenvalue weighted by Crippen LogP contribution is -2.36. The highest BCUT2D eigenvalue weighted by Crippen LogP contribution is 2.35. The van der Waals surface area contributed by atoms with Crippen LogP contribution in [0.4, 0.5) is 29.0 Å². The topological polar surface area (TPSA) is 129 Å². The summed E-state index contributed by atoms with van der Waals surface area (Å²) < 4.78 is 38.1. The Morgan fingerprint density at radius 2 is 1.55 bits per heavy atom. The summed E-state index contributed by atoms with van der Waals surface area (Å²) in [5, 5.41) is 3.43. The van der Waals surface area contributed by atoms with Crippen molar-refractivity contribution in [1.29, 1.82) is 0 Å². The second kappa shape index (κ2) is 23.4. The van der Waals surface area contributed by atoms with Crippen molar-refractivity contribution in [1.82, 2.24) is 24.8 Å². The van der Waals surface area contributed by atoms with Crippen LogP contribution < -0.4 is 29.3 Å². The average molecular weight is 931 g/mol. The molecule has 0 aliphatic carbocycles. The lowest BCUT2D eigenvalue weighted by molar-refractivity contribution is 0.121. The molecule has 0 radical (unpaired) electrons. The number of hydrogen-bond acceptors (Lipinski definition) is 14. The molecule has 0 spiro atoms. The van der Waals surface area contributed by atoms with Gasteiger partial charge in [-0.2, -0.15) is 0 Å². The Bertz CT molecular complexity index is 2700. The van der Waals surface area contributed by atoms with Crippen LogP contribution in [-0.2, 0) is 27.4 Å². The van der Waals surface area contributed by atoms with E-state index in [9.17, 15) is 0 Å². The summed E-state index contributed by atoms with van der Waals surface area (Å²) >= 11 is 0. The summed E-state index contributed by atoms with van der Waals surface area (Å²) in [6.07, 6.45) is 12.7. The van der Waals surface area contributed by atoms with Crippen LogP contribution >= 0.6 is 0 Å². The number of likely N-dealkylation sites (N-methyl/N-ethyl adjacent to an activating group) is 1. The maximum Gasteiger partial charge on any atom is 0.231 e. The third-order valence-electron chi connectivity index (χ3n) is 12.4. The molecule has 4 aromatic carbocycles. The van der Waals surface area contributed by atoms with Crippen LogP contribution in [0.3, 0.4) is 0 Å². The van der Waals surface area contributed by atoms with Gasteiger partial charge >= 0.3 is 0 Å². The molecule has 9 rings (SSSR count). The Labute approximate surface area is 405 Å². The molecule has 3 aliphatic rings. The molecule has 5 heterocycles. The van der Waals surface area contributed by atoms with E-state index in [0.717, 1.165) is 107 Å². The van der Waals surface area contributed by atoms with Crippen LogP contribution in [0.15, 0.2) is 128 Å². The zero-order chi connectivity index (χ0) is 47.2. The number of ether oxygens (including phenoxy) is 6. The van der Waals surface area contributed by atoms with Gasteiger partial charge in [0.15, 0.2) is 0 Å². The summed E-state index contributed by atoms with van der Waals surface area (Å²) in [5.41, 5.74) is 9.11. The van der Waals surface area contributed by atoms with E-state index in [2.05, 4.69) is 93.5 Å². The fraction of sp³-hybridized carbons (Fsp3) is 0.345. The fourth-order valence-corrected chi connectivity index (χ4v) is 8.68. The van der Waals surface area contributed by atoms with Crippen molar-refractivity contribution in [2.24, 2.45) is 0 Å². The molecular weight excluding hydrogens is 869 g/mol. The number of nitrogens with one attached hydrogen (secondary N) is 1. The van der Waals surface area contributed by atoms with Crippen molar-refractivity contribution >= 4 is 29.0 Å². The number of benzene rings is 4. The molecule has 1 saturated heterocycles. The highest BCUT2D eigenvalue weighted by atomic mass is 16.5. The van der Waals surface area contributed by atoms with Gasteiger partial charge in [-0.1, -0.05) is 62.4 Å². The quantitative estimate of drug-likeness (QED) is 0.146. The zero-order valence-corrected chi connectivity index (χ0v) is 39.9. The van der Waals surface area contributed by atoms with Gasteiger partial charge in [0.25, 0.3) is 0 Å². The molecule has 358 valence electrons. The largest absolute Gasteiger partial charge is 0.493 e. The third-order valence-corrected chi connectivity index (χ3v) is 12.4. The van der Waals surface area contributed by atoms with Gasteiger partial charge in [0, 0.05) is 71.3 Å². The predicted molar refractivity (Wildman–Crippen MR) is 271 cm³/mol. The van der Waals surface area contributed by atoms with E-state index >= 15 is 0 Å². The normalized spacial score (nSPS) is 17.7. The van der Waals surface area contributed by atoms with Gasteiger partial charge in [-0.25, -0.2) is 19.9 Å². The van der Waals surface area contributed by atoms with E-state index in [-0.39, 0.29) is 6.61 Å². The maximum atomic E-state index is 6.79. The minimum Gasteiger partial charge on any atom is -0.493 e. The standard InChI is InChI=1S/C55H62N8O6/c1-4-61(5-2)23-31-68-52-20-18-46-33-44(52)38-65-26-7-6-8-28-67-48-15-10-13-42(35-48)53-40(3)36-57-55(60-53)63(46)47-14-11-27-66-37-43-32-45(17-19-51(43)62-24-29-64-30-25-62)58-54-56-22-21-50(59-54)41-12-9-16-49(34-41)69-39-47/h6-7,9-22,32-36,47H,4-5,8,23-31,37-39H2,1-3H3,(H,56,58,59)/b7-6+,14-11+. The Hall–Kier alpha value is -6.84. The first-order chi connectivity index (χ1) is 34.0. The van der Waals surface area contributed by atoms with Gasteiger partial charge in [0.2, 0.25) is 11.9 Å². The number of nitrogens with zero attached hydrogens (tertiary/aromatic N) is 7. The molecule has 69 heavy (non-hydrogen) atoms. The Morgan fingerprint density at radius 1 is 0.754 bits per heavy atom. The zero-order valence-electron chi connectivity index (χ0n) is 39.9. The highest BCUT2D eigenvalue weighted by molar-refractivity contribution is 5.70. The first kappa shape index (κ1) is 47.2. The number of aromatic nitrogens is 4. The SMILES string of the molecule is CCN(CC)CCOc1ccc2cc1COC/C=C/CCOc1cccc(c1)-c1nc(ncc1C)N2C1/C=C/COCc2cc(ccc2N2CCOCC2)Nc2nccc(n2)-c2cccc(c2)OC1. The van der Waals surface area contributed by atoms with Crippen LogP contribution in [0.1, 0.15) is 37.0 Å². The van der Waals surface area contributed by atoms with Crippen molar-refractivity contribution in [2.75, 3.05) is 94.1 Å². The van der Waals surface area contributed by atoms with Gasteiger partial charge in [-0.05, 0) is 98.7 Å². The molecule has 6 aromatic rings. The number of anilines is 5. The van der Waals surface area contributed by atoms with Crippen molar-refractivity contribution < 1.29 is 28.4 Å². The summed E-state index contributed by atoms with van der Waals surface area (Å²) in [4.78, 5) is 26.8. The van der Waals surface area contributed by atoms with Crippen LogP contribution in [0.25, 0.3) is 22.5 Å². The molecule has 14 heteroatoms. The van der Waals surface area contributed by atoms with Gasteiger partial charge in [0.1, 0.15) is 30.5 Å². The first-order valence-corrected chi connectivity index (χ1v) is 24.1. The van der Waals surface area contributed by atoms with Crippen molar-refractivity contribution in [3.63, 3.8) is 0 Å². The molecule has 0 saturated carbocycles. The minimum atomic E-state index is -0.430. The van der Waals surface area contributed by atoms with Gasteiger partial charge in [0.05, 0.1) is 63.7 Å². The molecule has 3 aliphatic heterocycles. The van der Waals surface area contributed by atoms with Crippen LogP contribution in [-0.4, -0.2) is 110 Å². The Balaban J connectivity index is 1.14. The lowest BCUT2D eigenvalue weighted by atomic mass is 10.1. The molecular formula is C55H62N8O6. The maximum absolute atomic E-state index is 6.79. The molecule has 12 bridgehead atoms. The van der Waals surface area contributed by atoms with E-state index in [1.54, 1.807) is 6.20 Å². The molecule has 1 N–H and O–H groups in total. The molecule has 14 nitrogen and oxygen atoms in total. The van der Waals surface area contributed by atoms with Gasteiger partial charge < -0.3 is 48.4 Å². The number of hydrogen-bond donors (Lipinski definition) is 1. The van der Waals surface area contributed by atoms with Crippen LogP contribution in [0, 0.1) is 6.92 Å². The average Bonchev–Trinajstić information content (AvgIpc) is 3.38. The van der Waals surface area contributed by atoms with Crippen LogP contribution in [0.2, 0.25) is 0 Å². The van der Waals surface area contributed by atoms with E-state index in [1.165, 1.54) is 0 Å².